The van der Waals surface area contributed by atoms with Crippen LogP contribution in [0.2, 0.25) is 0 Å². The van der Waals surface area contributed by atoms with Gasteiger partial charge in [0.25, 0.3) is 0 Å². The second-order valence-corrected chi connectivity index (χ2v) is 16.8. The molecule has 1 atom stereocenters. The first-order valence-corrected chi connectivity index (χ1v) is 25.5. The Hall–Kier alpha value is -3.15. The van der Waals surface area contributed by atoms with Crippen LogP contribution in [0.1, 0.15) is 239 Å². The Morgan fingerprint density at radius 3 is 0.984 bits per heavy atom. The zero-order valence-electron chi connectivity index (χ0n) is 39.9. The summed E-state index contributed by atoms with van der Waals surface area (Å²) in [5.74, 6) is -0.929. The van der Waals surface area contributed by atoms with Crippen molar-refractivity contribution in [3.63, 3.8) is 0 Å². The quantitative estimate of drug-likeness (QED) is 0.0263. The van der Waals surface area contributed by atoms with Crippen molar-refractivity contribution in [3.05, 3.63) is 72.9 Å². The largest absolute Gasteiger partial charge is 0.462 e. The van der Waals surface area contributed by atoms with Gasteiger partial charge in [0.2, 0.25) is 0 Å². The number of unbranched alkanes of at least 4 members (excludes halogenated alkanes) is 26. The molecule has 0 heterocycles. The molecule has 0 aliphatic heterocycles. The topological polar surface area (TPSA) is 78.9 Å². The lowest BCUT2D eigenvalue weighted by molar-refractivity contribution is -0.167. The van der Waals surface area contributed by atoms with Crippen molar-refractivity contribution >= 4 is 17.9 Å². The van der Waals surface area contributed by atoms with Gasteiger partial charge < -0.3 is 14.2 Å². The average Bonchev–Trinajstić information content (AvgIpc) is 3.26. The Bertz CT molecular complexity index is 1160. The van der Waals surface area contributed by atoms with Crippen molar-refractivity contribution in [1.29, 1.82) is 0 Å². The van der Waals surface area contributed by atoms with Gasteiger partial charge in [-0.05, 0) is 57.8 Å². The normalized spacial score (nSPS) is 12.6. The van der Waals surface area contributed by atoms with Crippen molar-refractivity contribution in [2.75, 3.05) is 13.2 Å². The highest BCUT2D eigenvalue weighted by Gasteiger charge is 2.19. The van der Waals surface area contributed by atoms with E-state index in [1.807, 2.05) is 0 Å². The minimum atomic E-state index is -0.792. The molecule has 0 saturated carbocycles. The highest BCUT2D eigenvalue weighted by Crippen LogP contribution is 2.15. The second-order valence-electron chi connectivity index (χ2n) is 16.8. The smallest absolute Gasteiger partial charge is 0.306 e. The fraction of sp³-hybridized carbons (Fsp3) is 0.727. The molecule has 0 saturated heterocycles. The number of esters is 3. The van der Waals surface area contributed by atoms with Crippen molar-refractivity contribution in [3.8, 4) is 0 Å². The number of carbonyl (C=O) groups is 3. The average molecular weight is 851 g/mol. The number of rotatable bonds is 45. The Labute approximate surface area is 376 Å². The number of hydrogen-bond donors (Lipinski definition) is 0. The van der Waals surface area contributed by atoms with Gasteiger partial charge in [-0.3, -0.25) is 14.4 Å². The van der Waals surface area contributed by atoms with E-state index in [9.17, 15) is 14.4 Å². The van der Waals surface area contributed by atoms with Crippen LogP contribution in [0.5, 0.6) is 0 Å². The lowest BCUT2D eigenvalue weighted by Crippen LogP contribution is -2.30. The first-order valence-electron chi connectivity index (χ1n) is 25.5. The molecule has 6 heteroatoms. The van der Waals surface area contributed by atoms with E-state index >= 15 is 0 Å². The first kappa shape index (κ1) is 57.9. The van der Waals surface area contributed by atoms with Crippen LogP contribution in [-0.4, -0.2) is 37.2 Å². The van der Waals surface area contributed by atoms with Gasteiger partial charge in [-0.1, -0.05) is 235 Å². The van der Waals surface area contributed by atoms with Crippen LogP contribution in [0, 0.1) is 0 Å². The molecular weight excluding hydrogens is 757 g/mol. The molecule has 0 rings (SSSR count). The first-order chi connectivity index (χ1) is 30.0. The van der Waals surface area contributed by atoms with Crippen LogP contribution in [0.15, 0.2) is 72.9 Å². The lowest BCUT2D eigenvalue weighted by Gasteiger charge is -2.18. The van der Waals surface area contributed by atoms with E-state index in [1.54, 1.807) is 0 Å². The van der Waals surface area contributed by atoms with Crippen LogP contribution >= 0.6 is 0 Å². The summed E-state index contributed by atoms with van der Waals surface area (Å²) >= 11 is 0. The van der Waals surface area contributed by atoms with Gasteiger partial charge in [-0.25, -0.2) is 0 Å². The van der Waals surface area contributed by atoms with Gasteiger partial charge in [0.1, 0.15) is 13.2 Å². The molecule has 0 bridgehead atoms. The molecular formula is C55H94O6. The molecule has 0 fully saturated rings. The van der Waals surface area contributed by atoms with Crippen LogP contribution in [0.25, 0.3) is 0 Å². The van der Waals surface area contributed by atoms with Crippen molar-refractivity contribution in [2.24, 2.45) is 0 Å². The maximum Gasteiger partial charge on any atom is 0.306 e. The van der Waals surface area contributed by atoms with E-state index < -0.39 is 6.10 Å². The number of allylic oxidation sites excluding steroid dienone is 12. The standard InChI is InChI=1S/C55H94O6/c1-4-7-10-13-16-19-22-25-26-27-28-31-33-36-39-42-45-48-54(57)60-51-52(61-55(58)49-46-43-40-37-34-30-24-21-18-15-12-9-6-3)50-59-53(56)47-44-41-38-35-32-29-23-20-17-14-11-8-5-2/h8-9,11-12,14-15,17-18,20-21,23-24,52H,4-7,10,13,16,19,22,25-51H2,1-3H3/b11-8-,12-9-,17-14-,18-15-,23-20-,24-21-. The Morgan fingerprint density at radius 2 is 0.639 bits per heavy atom. The molecule has 0 aliphatic carbocycles. The van der Waals surface area contributed by atoms with E-state index in [1.165, 1.54) is 89.9 Å². The predicted molar refractivity (Wildman–Crippen MR) is 261 cm³/mol. The summed E-state index contributed by atoms with van der Waals surface area (Å²) in [6.07, 6.45) is 61.7. The van der Waals surface area contributed by atoms with E-state index in [0.717, 1.165) is 109 Å². The van der Waals surface area contributed by atoms with Crippen LogP contribution < -0.4 is 0 Å². The summed E-state index contributed by atoms with van der Waals surface area (Å²) in [5, 5.41) is 0. The van der Waals surface area contributed by atoms with Gasteiger partial charge in [0, 0.05) is 19.3 Å². The molecule has 0 N–H and O–H groups in total. The molecule has 61 heavy (non-hydrogen) atoms. The Balaban J connectivity index is 4.39. The van der Waals surface area contributed by atoms with E-state index in [-0.39, 0.29) is 31.1 Å². The molecule has 350 valence electrons. The van der Waals surface area contributed by atoms with Gasteiger partial charge >= 0.3 is 17.9 Å². The summed E-state index contributed by atoms with van der Waals surface area (Å²) < 4.78 is 16.8. The van der Waals surface area contributed by atoms with Gasteiger partial charge in [0.05, 0.1) is 0 Å². The monoisotopic (exact) mass is 851 g/mol. The Morgan fingerprint density at radius 1 is 0.344 bits per heavy atom. The number of ether oxygens (including phenoxy) is 3. The highest BCUT2D eigenvalue weighted by atomic mass is 16.6. The van der Waals surface area contributed by atoms with Crippen molar-refractivity contribution < 1.29 is 28.6 Å². The zero-order chi connectivity index (χ0) is 44.4. The van der Waals surface area contributed by atoms with Crippen LogP contribution in [-0.2, 0) is 28.6 Å². The van der Waals surface area contributed by atoms with Gasteiger partial charge in [-0.15, -0.1) is 0 Å². The number of carbonyl (C=O) groups excluding carboxylic acids is 3. The molecule has 0 aromatic heterocycles. The fourth-order valence-corrected chi connectivity index (χ4v) is 7.03. The summed E-state index contributed by atoms with van der Waals surface area (Å²) in [5.41, 5.74) is 0. The molecule has 0 radical (unpaired) electrons. The second kappa shape index (κ2) is 49.5. The van der Waals surface area contributed by atoms with E-state index in [4.69, 9.17) is 14.2 Å². The lowest BCUT2D eigenvalue weighted by atomic mass is 10.0. The highest BCUT2D eigenvalue weighted by molar-refractivity contribution is 5.71. The van der Waals surface area contributed by atoms with E-state index in [0.29, 0.717) is 19.3 Å². The molecule has 0 spiro atoms. The summed E-state index contributed by atoms with van der Waals surface area (Å²) in [7, 11) is 0. The fourth-order valence-electron chi connectivity index (χ4n) is 7.03. The minimum Gasteiger partial charge on any atom is -0.462 e. The third-order valence-electron chi connectivity index (χ3n) is 10.8. The minimum absolute atomic E-state index is 0.0892. The van der Waals surface area contributed by atoms with Crippen molar-refractivity contribution in [2.45, 2.75) is 245 Å². The molecule has 1 unspecified atom stereocenters. The van der Waals surface area contributed by atoms with Crippen LogP contribution in [0.3, 0.4) is 0 Å². The van der Waals surface area contributed by atoms with Gasteiger partial charge in [0.15, 0.2) is 6.10 Å². The van der Waals surface area contributed by atoms with Crippen LogP contribution in [0.4, 0.5) is 0 Å². The summed E-state index contributed by atoms with van der Waals surface area (Å²) in [6.45, 7) is 6.34. The summed E-state index contributed by atoms with van der Waals surface area (Å²) in [4.78, 5) is 37.9. The molecule has 6 nitrogen and oxygen atoms in total. The van der Waals surface area contributed by atoms with Gasteiger partial charge in [-0.2, -0.15) is 0 Å². The molecule has 0 amide bonds. The molecule has 0 aromatic rings. The third-order valence-corrected chi connectivity index (χ3v) is 10.8. The molecule has 0 aliphatic rings. The zero-order valence-corrected chi connectivity index (χ0v) is 39.9. The van der Waals surface area contributed by atoms with E-state index in [2.05, 4.69) is 93.7 Å². The number of hydrogen-bond acceptors (Lipinski definition) is 6. The SMILES string of the molecule is CC\C=C/C=C\C=C/CCCCCCCC(=O)OCC(COC(=O)CCCCCCCCCCCCCCCCCCC)OC(=O)CCCCCCC\C=C/C=C\C=C/CC. The predicted octanol–water partition coefficient (Wildman–Crippen LogP) is 16.6. The maximum absolute atomic E-state index is 12.8. The Kier molecular flexibility index (Phi) is 46.9. The summed E-state index contributed by atoms with van der Waals surface area (Å²) in [6, 6.07) is 0. The third kappa shape index (κ3) is 47.7. The van der Waals surface area contributed by atoms with Crippen molar-refractivity contribution in [1.82, 2.24) is 0 Å². The maximum atomic E-state index is 12.8. The molecule has 0 aromatic carbocycles.